The van der Waals surface area contributed by atoms with Gasteiger partial charge in [-0.25, -0.2) is 9.59 Å². The zero-order valence-electron chi connectivity index (χ0n) is 9.75. The fraction of sp³-hybridized carbons (Fsp3) is 0.222. The van der Waals surface area contributed by atoms with Crippen LogP contribution in [0.4, 0.5) is 9.80 Å². The Labute approximate surface area is 111 Å². The Morgan fingerprint density at radius 3 is 2.95 bits per heavy atom. The highest BCUT2D eigenvalue weighted by molar-refractivity contribution is 7.14. The van der Waals surface area contributed by atoms with Crippen molar-refractivity contribution >= 4 is 28.3 Å². The van der Waals surface area contributed by atoms with Gasteiger partial charge in [0, 0.05) is 0 Å². The molecule has 10 heteroatoms. The molecule has 0 aliphatic heterocycles. The molecule has 0 spiro atoms. The van der Waals surface area contributed by atoms with Crippen molar-refractivity contribution in [2.45, 2.75) is 13.0 Å². The van der Waals surface area contributed by atoms with E-state index in [1.807, 2.05) is 0 Å². The number of H-pyrrole nitrogens is 1. The van der Waals surface area contributed by atoms with E-state index in [1.54, 1.807) is 12.3 Å². The molecule has 4 N–H and O–H groups in total. The lowest BCUT2D eigenvalue weighted by Gasteiger charge is -2.10. The van der Waals surface area contributed by atoms with Gasteiger partial charge in [-0.1, -0.05) is 5.21 Å². The first-order valence-electron chi connectivity index (χ1n) is 5.19. The number of aromatic carboxylic acids is 1. The molecule has 2 aromatic heterocycles. The van der Waals surface area contributed by atoms with Gasteiger partial charge in [-0.2, -0.15) is 5.21 Å². The molecule has 19 heavy (non-hydrogen) atoms. The van der Waals surface area contributed by atoms with Crippen LogP contribution in [0.15, 0.2) is 11.4 Å². The van der Waals surface area contributed by atoms with Gasteiger partial charge in [0.15, 0.2) is 5.82 Å². The highest BCUT2D eigenvalue weighted by Crippen LogP contribution is 2.23. The second kappa shape index (κ2) is 5.44. The third-order valence-electron chi connectivity index (χ3n) is 2.22. The fourth-order valence-electron chi connectivity index (χ4n) is 1.33. The second-order valence-corrected chi connectivity index (χ2v) is 4.47. The molecule has 0 bridgehead atoms. The third kappa shape index (κ3) is 3.04. The highest BCUT2D eigenvalue weighted by atomic mass is 32.1. The van der Waals surface area contributed by atoms with E-state index < -0.39 is 18.0 Å². The maximum absolute atomic E-state index is 11.7. The largest absolute Gasteiger partial charge is 0.478 e. The van der Waals surface area contributed by atoms with Crippen molar-refractivity contribution in [3.05, 3.63) is 22.8 Å². The maximum Gasteiger partial charge on any atom is 0.338 e. The monoisotopic (exact) mass is 282 g/mol. The molecule has 2 rings (SSSR count). The molecule has 9 nitrogen and oxygen atoms in total. The molecule has 100 valence electrons. The fourth-order valence-corrected chi connectivity index (χ4v) is 2.10. The number of carbonyl (C=O) groups is 2. The first kappa shape index (κ1) is 13.0. The van der Waals surface area contributed by atoms with E-state index in [0.29, 0.717) is 5.82 Å². The van der Waals surface area contributed by atoms with Gasteiger partial charge in [-0.15, -0.1) is 21.5 Å². The van der Waals surface area contributed by atoms with Crippen LogP contribution in [0, 0.1) is 0 Å². The van der Waals surface area contributed by atoms with E-state index in [4.69, 9.17) is 5.11 Å². The number of hydrogen-bond donors (Lipinski definition) is 4. The minimum absolute atomic E-state index is 0.0485. The summed E-state index contributed by atoms with van der Waals surface area (Å²) >= 11 is 1.13. The predicted octanol–water partition coefficient (Wildman–Crippen LogP) is 0.842. The summed E-state index contributed by atoms with van der Waals surface area (Å²) in [7, 11) is 0. The summed E-state index contributed by atoms with van der Waals surface area (Å²) in [5.74, 6) is -0.762. The van der Waals surface area contributed by atoms with Crippen molar-refractivity contribution in [2.24, 2.45) is 0 Å². The van der Waals surface area contributed by atoms with Crippen LogP contribution in [-0.2, 0) is 0 Å². The second-order valence-electron chi connectivity index (χ2n) is 3.56. The van der Waals surface area contributed by atoms with Gasteiger partial charge < -0.3 is 10.4 Å². The molecular weight excluding hydrogens is 272 g/mol. The van der Waals surface area contributed by atoms with Gasteiger partial charge in [-0.05, 0) is 18.4 Å². The average Bonchev–Trinajstić information content (AvgIpc) is 2.98. The molecule has 0 aliphatic rings. The van der Waals surface area contributed by atoms with Gasteiger partial charge in [0.25, 0.3) is 0 Å². The van der Waals surface area contributed by atoms with Crippen molar-refractivity contribution in [1.29, 1.82) is 0 Å². The van der Waals surface area contributed by atoms with Crippen LogP contribution in [0.3, 0.4) is 0 Å². The molecule has 2 amide bonds. The number of rotatable bonds is 4. The lowest BCUT2D eigenvalue weighted by molar-refractivity contribution is 0.0698. The summed E-state index contributed by atoms with van der Waals surface area (Å²) in [4.78, 5) is 22.6. The number of thiophene rings is 1. The SMILES string of the molecule is CC(NC(=O)Nc1sccc1C(=O)O)c1nn[nH]n1. The molecule has 0 saturated carbocycles. The summed E-state index contributed by atoms with van der Waals surface area (Å²) in [5, 5.41) is 28.9. The number of hydrogen-bond acceptors (Lipinski definition) is 6. The zero-order chi connectivity index (χ0) is 13.8. The Morgan fingerprint density at radius 2 is 2.32 bits per heavy atom. The molecule has 1 unspecified atom stereocenters. The summed E-state index contributed by atoms with van der Waals surface area (Å²) in [6.45, 7) is 1.68. The maximum atomic E-state index is 11.7. The van der Waals surface area contributed by atoms with Gasteiger partial charge in [-0.3, -0.25) is 5.32 Å². The van der Waals surface area contributed by atoms with E-state index >= 15 is 0 Å². The lowest BCUT2D eigenvalue weighted by atomic mass is 10.3. The van der Waals surface area contributed by atoms with Crippen LogP contribution in [0.1, 0.15) is 29.1 Å². The summed E-state index contributed by atoms with van der Waals surface area (Å²) in [6.07, 6.45) is 0. The number of nitrogens with one attached hydrogen (secondary N) is 3. The van der Waals surface area contributed by atoms with Crippen LogP contribution >= 0.6 is 11.3 Å². The molecule has 2 aromatic rings. The number of carbonyl (C=O) groups excluding carboxylic acids is 1. The van der Waals surface area contributed by atoms with Gasteiger partial charge in [0.1, 0.15) is 5.00 Å². The Balaban J connectivity index is 1.98. The number of aromatic nitrogens is 4. The predicted molar refractivity (Wildman–Crippen MR) is 66.0 cm³/mol. The average molecular weight is 282 g/mol. The number of anilines is 1. The highest BCUT2D eigenvalue weighted by Gasteiger charge is 2.17. The first-order chi connectivity index (χ1) is 9.08. The number of nitrogens with zero attached hydrogens (tertiary/aromatic N) is 3. The summed E-state index contributed by atoms with van der Waals surface area (Å²) < 4.78 is 0. The molecule has 0 fully saturated rings. The Hall–Kier alpha value is -2.49. The third-order valence-corrected chi connectivity index (χ3v) is 3.05. The molecule has 2 heterocycles. The van der Waals surface area contributed by atoms with Gasteiger partial charge >= 0.3 is 12.0 Å². The van der Waals surface area contributed by atoms with E-state index in [9.17, 15) is 9.59 Å². The number of amides is 2. The standard InChI is InChI=1S/C9H10N6O3S/c1-4(6-12-14-15-13-6)10-9(18)11-7-5(8(16)17)2-3-19-7/h2-4H,1H3,(H,16,17)(H2,10,11,18)(H,12,13,14,15). The molecular formula is C9H10N6O3S. The molecule has 0 radical (unpaired) electrons. The normalized spacial score (nSPS) is 11.8. The number of carboxylic acid groups (broad SMARTS) is 1. The summed E-state index contributed by atoms with van der Waals surface area (Å²) in [5.41, 5.74) is 0.0485. The Morgan fingerprint density at radius 1 is 1.53 bits per heavy atom. The molecule has 0 aliphatic carbocycles. The number of aromatic amines is 1. The van der Waals surface area contributed by atoms with E-state index in [2.05, 4.69) is 31.3 Å². The molecule has 0 aromatic carbocycles. The quantitative estimate of drug-likeness (QED) is 0.656. The molecule has 1 atom stereocenters. The topological polar surface area (TPSA) is 133 Å². The van der Waals surface area contributed by atoms with Crippen molar-refractivity contribution in [2.75, 3.05) is 5.32 Å². The Kier molecular flexibility index (Phi) is 3.71. The minimum Gasteiger partial charge on any atom is -0.478 e. The van der Waals surface area contributed by atoms with Crippen molar-refractivity contribution in [1.82, 2.24) is 25.9 Å². The first-order valence-corrected chi connectivity index (χ1v) is 6.07. The van der Waals surface area contributed by atoms with E-state index in [-0.39, 0.29) is 10.6 Å². The van der Waals surface area contributed by atoms with E-state index in [1.165, 1.54) is 6.07 Å². The lowest BCUT2D eigenvalue weighted by Crippen LogP contribution is -2.31. The van der Waals surface area contributed by atoms with Crippen LogP contribution in [0.2, 0.25) is 0 Å². The van der Waals surface area contributed by atoms with Gasteiger partial charge in [0.2, 0.25) is 0 Å². The van der Waals surface area contributed by atoms with Crippen LogP contribution in [0.5, 0.6) is 0 Å². The van der Waals surface area contributed by atoms with Crippen molar-refractivity contribution < 1.29 is 14.7 Å². The zero-order valence-corrected chi connectivity index (χ0v) is 10.6. The number of tetrazole rings is 1. The molecule has 0 saturated heterocycles. The van der Waals surface area contributed by atoms with Gasteiger partial charge in [0.05, 0.1) is 11.6 Å². The Bertz CT molecular complexity index is 581. The minimum atomic E-state index is -1.09. The van der Waals surface area contributed by atoms with Crippen molar-refractivity contribution in [3.8, 4) is 0 Å². The van der Waals surface area contributed by atoms with Crippen LogP contribution < -0.4 is 10.6 Å². The van der Waals surface area contributed by atoms with E-state index in [0.717, 1.165) is 11.3 Å². The van der Waals surface area contributed by atoms with Crippen LogP contribution in [0.25, 0.3) is 0 Å². The smallest absolute Gasteiger partial charge is 0.338 e. The van der Waals surface area contributed by atoms with Crippen LogP contribution in [-0.4, -0.2) is 37.7 Å². The summed E-state index contributed by atoms with van der Waals surface area (Å²) in [6, 6.07) is 0.430. The van der Waals surface area contributed by atoms with Crippen molar-refractivity contribution in [3.63, 3.8) is 0 Å². The number of urea groups is 1. The number of carboxylic acids is 1.